The van der Waals surface area contributed by atoms with Crippen molar-refractivity contribution in [2.45, 2.75) is 51.0 Å². The van der Waals surface area contributed by atoms with Crippen LogP contribution in [0, 0.1) is 6.92 Å². The van der Waals surface area contributed by atoms with Gasteiger partial charge in [-0.2, -0.15) is 0 Å². The van der Waals surface area contributed by atoms with Crippen LogP contribution in [0.4, 0.5) is 5.69 Å². The fraction of sp³-hybridized carbons (Fsp3) is 0.647. The summed E-state index contributed by atoms with van der Waals surface area (Å²) in [5.74, 6) is 0. The lowest BCUT2D eigenvalue weighted by Crippen LogP contribution is -2.52. The highest BCUT2D eigenvalue weighted by Gasteiger charge is 2.35. The van der Waals surface area contributed by atoms with Crippen LogP contribution in [-0.4, -0.2) is 25.2 Å². The highest BCUT2D eigenvalue weighted by atomic mass is 35.5. The van der Waals surface area contributed by atoms with Gasteiger partial charge in [0.15, 0.2) is 0 Å². The Hall–Kier alpha value is -0.730. The van der Waals surface area contributed by atoms with Gasteiger partial charge in [-0.15, -0.1) is 0 Å². The van der Waals surface area contributed by atoms with Gasteiger partial charge >= 0.3 is 0 Å². The molecule has 0 unspecified atom stereocenters. The van der Waals surface area contributed by atoms with E-state index in [9.17, 15) is 0 Å². The van der Waals surface area contributed by atoms with E-state index in [1.54, 1.807) is 0 Å². The topological polar surface area (TPSA) is 15.3 Å². The summed E-state index contributed by atoms with van der Waals surface area (Å²) >= 11 is 6.31. The SMILES string of the molecule is Cc1c(Cl)cccc1N1CCCNC2(CCCCC2)C1. The summed E-state index contributed by atoms with van der Waals surface area (Å²) in [4.78, 5) is 2.56. The minimum atomic E-state index is 0.337. The van der Waals surface area contributed by atoms with Crippen molar-refractivity contribution in [1.82, 2.24) is 5.32 Å². The highest BCUT2D eigenvalue weighted by Crippen LogP contribution is 2.34. The van der Waals surface area contributed by atoms with E-state index in [1.165, 1.54) is 49.8 Å². The second kappa shape index (κ2) is 5.95. The Balaban J connectivity index is 1.86. The van der Waals surface area contributed by atoms with Crippen LogP contribution in [0.2, 0.25) is 5.02 Å². The summed E-state index contributed by atoms with van der Waals surface area (Å²) in [5.41, 5.74) is 2.89. The van der Waals surface area contributed by atoms with Crippen molar-refractivity contribution in [1.29, 1.82) is 0 Å². The van der Waals surface area contributed by atoms with E-state index in [0.717, 1.165) is 24.7 Å². The van der Waals surface area contributed by atoms with E-state index in [2.05, 4.69) is 29.3 Å². The molecule has 2 nitrogen and oxygen atoms in total. The smallest absolute Gasteiger partial charge is 0.0455 e. The molecule has 2 aliphatic rings. The van der Waals surface area contributed by atoms with Crippen LogP contribution in [0.25, 0.3) is 0 Å². The Morgan fingerprint density at radius 1 is 1.15 bits per heavy atom. The van der Waals surface area contributed by atoms with Gasteiger partial charge in [0.25, 0.3) is 0 Å². The Morgan fingerprint density at radius 2 is 1.95 bits per heavy atom. The Bertz CT molecular complexity index is 466. The van der Waals surface area contributed by atoms with Crippen molar-refractivity contribution >= 4 is 17.3 Å². The summed E-state index contributed by atoms with van der Waals surface area (Å²) < 4.78 is 0. The predicted octanol–water partition coefficient (Wildman–Crippen LogP) is 4.15. The normalized spacial score (nSPS) is 22.8. The molecular weight excluding hydrogens is 268 g/mol. The maximum atomic E-state index is 6.31. The van der Waals surface area contributed by atoms with Gasteiger partial charge in [-0.05, 0) is 50.4 Å². The maximum absolute atomic E-state index is 6.31. The second-order valence-electron chi connectivity index (χ2n) is 6.43. The summed E-state index contributed by atoms with van der Waals surface area (Å²) in [5, 5.41) is 4.74. The van der Waals surface area contributed by atoms with Crippen LogP contribution in [0.15, 0.2) is 18.2 Å². The average Bonchev–Trinajstić information content (AvgIpc) is 2.66. The van der Waals surface area contributed by atoms with E-state index >= 15 is 0 Å². The van der Waals surface area contributed by atoms with Gasteiger partial charge < -0.3 is 10.2 Å². The molecule has 3 rings (SSSR count). The number of anilines is 1. The van der Waals surface area contributed by atoms with Crippen molar-refractivity contribution in [2.75, 3.05) is 24.5 Å². The van der Waals surface area contributed by atoms with Crippen molar-refractivity contribution in [3.63, 3.8) is 0 Å². The van der Waals surface area contributed by atoms with Gasteiger partial charge in [0, 0.05) is 29.3 Å². The first kappa shape index (κ1) is 14.2. The molecule has 1 heterocycles. The van der Waals surface area contributed by atoms with E-state index in [1.807, 2.05) is 6.07 Å². The molecule has 110 valence electrons. The molecule has 3 heteroatoms. The first-order valence-electron chi connectivity index (χ1n) is 7.95. The zero-order valence-corrected chi connectivity index (χ0v) is 13.2. The van der Waals surface area contributed by atoms with Gasteiger partial charge in [0.2, 0.25) is 0 Å². The maximum Gasteiger partial charge on any atom is 0.0455 e. The van der Waals surface area contributed by atoms with Gasteiger partial charge in [0.1, 0.15) is 0 Å². The predicted molar refractivity (Wildman–Crippen MR) is 86.8 cm³/mol. The number of halogens is 1. The lowest BCUT2D eigenvalue weighted by atomic mass is 9.81. The number of benzene rings is 1. The first-order valence-corrected chi connectivity index (χ1v) is 8.33. The fourth-order valence-electron chi connectivity index (χ4n) is 3.83. The molecule has 1 aliphatic heterocycles. The Morgan fingerprint density at radius 3 is 2.75 bits per heavy atom. The Labute approximate surface area is 127 Å². The van der Waals surface area contributed by atoms with E-state index < -0.39 is 0 Å². The van der Waals surface area contributed by atoms with Crippen LogP contribution in [-0.2, 0) is 0 Å². The summed E-state index contributed by atoms with van der Waals surface area (Å²) in [6, 6.07) is 6.30. The molecule has 20 heavy (non-hydrogen) atoms. The van der Waals surface area contributed by atoms with Crippen LogP contribution in [0.1, 0.15) is 44.1 Å². The van der Waals surface area contributed by atoms with Crippen molar-refractivity contribution < 1.29 is 0 Å². The molecule has 1 N–H and O–H groups in total. The van der Waals surface area contributed by atoms with Gasteiger partial charge in [-0.25, -0.2) is 0 Å². The van der Waals surface area contributed by atoms with Crippen molar-refractivity contribution in [3.05, 3.63) is 28.8 Å². The van der Waals surface area contributed by atoms with E-state index in [4.69, 9.17) is 11.6 Å². The zero-order valence-electron chi connectivity index (χ0n) is 12.4. The molecule has 1 aliphatic carbocycles. The lowest BCUT2D eigenvalue weighted by molar-refractivity contribution is 0.246. The summed E-state index contributed by atoms with van der Waals surface area (Å²) in [6.45, 7) is 5.56. The fourth-order valence-corrected chi connectivity index (χ4v) is 4.00. The molecule has 0 bridgehead atoms. The number of rotatable bonds is 1. The van der Waals surface area contributed by atoms with Gasteiger partial charge in [-0.1, -0.05) is 36.9 Å². The van der Waals surface area contributed by atoms with Crippen LogP contribution >= 0.6 is 11.6 Å². The van der Waals surface area contributed by atoms with Crippen LogP contribution in [0.5, 0.6) is 0 Å². The monoisotopic (exact) mass is 292 g/mol. The minimum absolute atomic E-state index is 0.337. The quantitative estimate of drug-likeness (QED) is 0.836. The number of hydrogen-bond acceptors (Lipinski definition) is 2. The molecule has 0 amide bonds. The summed E-state index contributed by atoms with van der Waals surface area (Å²) in [7, 11) is 0. The molecule has 0 radical (unpaired) electrons. The molecule has 1 aromatic rings. The number of hydrogen-bond donors (Lipinski definition) is 1. The van der Waals surface area contributed by atoms with Gasteiger partial charge in [-0.3, -0.25) is 0 Å². The molecule has 1 aromatic carbocycles. The molecule has 1 saturated heterocycles. The van der Waals surface area contributed by atoms with E-state index in [-0.39, 0.29) is 0 Å². The van der Waals surface area contributed by atoms with Crippen LogP contribution < -0.4 is 10.2 Å². The Kier molecular flexibility index (Phi) is 4.23. The second-order valence-corrected chi connectivity index (χ2v) is 6.83. The lowest BCUT2D eigenvalue weighted by Gasteiger charge is -2.41. The highest BCUT2D eigenvalue weighted by molar-refractivity contribution is 6.31. The van der Waals surface area contributed by atoms with Gasteiger partial charge in [0.05, 0.1) is 0 Å². The first-order chi connectivity index (χ1) is 9.70. The van der Waals surface area contributed by atoms with Crippen molar-refractivity contribution in [3.8, 4) is 0 Å². The van der Waals surface area contributed by atoms with Crippen LogP contribution in [0.3, 0.4) is 0 Å². The zero-order chi connectivity index (χ0) is 14.0. The summed E-state index contributed by atoms with van der Waals surface area (Å²) in [6.07, 6.45) is 8.00. The third-order valence-electron chi connectivity index (χ3n) is 4.99. The molecule has 2 fully saturated rings. The molecule has 1 spiro atoms. The molecule has 0 atom stereocenters. The average molecular weight is 293 g/mol. The van der Waals surface area contributed by atoms with E-state index in [0.29, 0.717) is 5.54 Å². The van der Waals surface area contributed by atoms with Crippen molar-refractivity contribution in [2.24, 2.45) is 0 Å². The molecule has 0 aromatic heterocycles. The standard InChI is InChI=1S/C17H25ClN2/c1-14-15(18)7-5-8-16(14)20-12-6-11-19-17(13-20)9-3-2-4-10-17/h5,7-8,19H,2-4,6,9-13H2,1H3. The third kappa shape index (κ3) is 2.82. The number of nitrogens with one attached hydrogen (secondary N) is 1. The largest absolute Gasteiger partial charge is 0.369 e. The minimum Gasteiger partial charge on any atom is -0.369 e. The number of nitrogens with zero attached hydrogens (tertiary/aromatic N) is 1. The third-order valence-corrected chi connectivity index (χ3v) is 5.40. The molecule has 1 saturated carbocycles. The molecular formula is C17H25ClN2.